The van der Waals surface area contributed by atoms with Gasteiger partial charge in [-0.3, -0.25) is 0 Å². The van der Waals surface area contributed by atoms with Crippen molar-refractivity contribution in [2.45, 2.75) is 90.9 Å². The molecule has 2 nitrogen and oxygen atoms in total. The molecule has 15 rings (SSSR count). The minimum Gasteiger partial charge on any atom is -0.311 e. The largest absolute Gasteiger partial charge is 0.311 e. The van der Waals surface area contributed by atoms with E-state index in [1.165, 1.54) is 111 Å². The fourth-order valence-electron chi connectivity index (χ4n) is 17.7. The number of rotatable bonds is 2. The van der Waals surface area contributed by atoms with Crippen LogP contribution in [-0.2, 0) is 10.8 Å². The summed E-state index contributed by atoms with van der Waals surface area (Å²) in [5.74, 6) is 1.43. The first-order chi connectivity index (χ1) is 31.5. The Morgan fingerprint density at radius 2 is 0.969 bits per heavy atom. The van der Waals surface area contributed by atoms with E-state index in [-0.39, 0.29) is 39.2 Å². The van der Waals surface area contributed by atoms with E-state index in [9.17, 15) is 0 Å². The van der Waals surface area contributed by atoms with Crippen LogP contribution in [0.5, 0.6) is 0 Å². The Hall–Kier alpha value is -5.80. The molecule has 3 heteroatoms. The van der Waals surface area contributed by atoms with Gasteiger partial charge in [0.1, 0.15) is 0 Å². The van der Waals surface area contributed by atoms with Crippen LogP contribution in [0.3, 0.4) is 0 Å². The van der Waals surface area contributed by atoms with Crippen LogP contribution >= 0.6 is 0 Å². The summed E-state index contributed by atoms with van der Waals surface area (Å²) in [5, 5.41) is 0. The summed E-state index contributed by atoms with van der Waals surface area (Å²) in [6, 6.07) is 59.8. The normalized spacial score (nSPS) is 30.0. The van der Waals surface area contributed by atoms with E-state index < -0.39 is 0 Å². The maximum atomic E-state index is 2.76. The zero-order valence-corrected chi connectivity index (χ0v) is 38.8. The molecule has 0 amide bonds. The monoisotopic (exact) mass is 840 g/mol. The van der Waals surface area contributed by atoms with Gasteiger partial charge >= 0.3 is 0 Å². The van der Waals surface area contributed by atoms with Crippen LogP contribution in [0.1, 0.15) is 102 Å². The third-order valence-corrected chi connectivity index (χ3v) is 21.4. The molecule has 0 radical (unpaired) electrons. The number of fused-ring (bicyclic) bond motifs is 20. The molecule has 65 heavy (non-hydrogen) atoms. The van der Waals surface area contributed by atoms with Crippen LogP contribution in [0.2, 0.25) is 0 Å². The number of nitrogens with zero attached hydrogens (tertiary/aromatic N) is 2. The standard InChI is InChI=1S/C62H57BN2/c1-57(2)38-30-32-59(57,5)61(36-38)45-23-13-11-21-42(45)55-46(61)24-16-27-51(55)65-50-26-15-14-25-48(50)63-49-35-47-43(34-54(49)64(40-18-8-7-9-19-40)52-28-17-29-53(65)56(52)63)41-20-10-12-22-44(41)62(47)37-39-31-33-60(62,6)58(39,3)4/h7-29,34-35,38-39H,30-33,36-37H2,1-6H3/t38?,39-,59+,60-,61+,62+/m1/s1. The van der Waals surface area contributed by atoms with Crippen LogP contribution in [0, 0.1) is 33.5 Å². The summed E-state index contributed by atoms with van der Waals surface area (Å²) in [7, 11) is 0. The summed E-state index contributed by atoms with van der Waals surface area (Å²) in [4.78, 5) is 5.31. The van der Waals surface area contributed by atoms with Crippen LogP contribution in [-0.4, -0.2) is 6.71 Å². The smallest absolute Gasteiger partial charge is 0.252 e. The first kappa shape index (κ1) is 37.4. The summed E-state index contributed by atoms with van der Waals surface area (Å²) < 4.78 is 0. The third kappa shape index (κ3) is 3.90. The Labute approximate surface area is 385 Å². The van der Waals surface area contributed by atoms with E-state index in [0.29, 0.717) is 5.92 Å². The lowest BCUT2D eigenvalue weighted by molar-refractivity contribution is 0.0990. The van der Waals surface area contributed by atoms with Gasteiger partial charge in [0.2, 0.25) is 0 Å². The molecule has 8 aliphatic rings. The molecular formula is C62H57BN2. The molecule has 6 aliphatic carbocycles. The average Bonchev–Trinajstić information content (AvgIpc) is 4.02. The van der Waals surface area contributed by atoms with Gasteiger partial charge in [-0.15, -0.1) is 0 Å². The molecule has 2 heterocycles. The van der Waals surface area contributed by atoms with E-state index in [0.717, 1.165) is 5.92 Å². The summed E-state index contributed by atoms with van der Waals surface area (Å²) in [6.07, 6.45) is 7.71. The molecule has 7 aromatic carbocycles. The van der Waals surface area contributed by atoms with Gasteiger partial charge in [0.25, 0.3) is 6.71 Å². The van der Waals surface area contributed by atoms with E-state index in [1.54, 1.807) is 22.3 Å². The minimum absolute atomic E-state index is 0.00282. The third-order valence-electron chi connectivity index (χ3n) is 21.4. The summed E-state index contributed by atoms with van der Waals surface area (Å²) >= 11 is 0. The second kappa shape index (κ2) is 11.8. The van der Waals surface area contributed by atoms with Crippen molar-refractivity contribution in [3.05, 3.63) is 174 Å². The molecule has 318 valence electrons. The van der Waals surface area contributed by atoms with Crippen molar-refractivity contribution in [3.8, 4) is 22.3 Å². The second-order valence-corrected chi connectivity index (χ2v) is 23.3. The van der Waals surface area contributed by atoms with Crippen molar-refractivity contribution in [1.29, 1.82) is 0 Å². The van der Waals surface area contributed by atoms with Gasteiger partial charge in [0.05, 0.1) is 5.69 Å². The molecule has 7 aromatic rings. The zero-order chi connectivity index (χ0) is 43.6. The van der Waals surface area contributed by atoms with Gasteiger partial charge in [-0.05, 0) is 170 Å². The van der Waals surface area contributed by atoms with Crippen molar-refractivity contribution < 1.29 is 0 Å². The Morgan fingerprint density at radius 3 is 1.65 bits per heavy atom. The van der Waals surface area contributed by atoms with Gasteiger partial charge < -0.3 is 9.80 Å². The highest BCUT2D eigenvalue weighted by molar-refractivity contribution is 7.00. The first-order valence-electron chi connectivity index (χ1n) is 24.9. The summed E-state index contributed by atoms with van der Waals surface area (Å²) in [6.45, 7) is 15.8. The fourth-order valence-corrected chi connectivity index (χ4v) is 17.7. The maximum Gasteiger partial charge on any atom is 0.252 e. The number of hydrogen-bond donors (Lipinski definition) is 0. The Morgan fingerprint density at radius 1 is 0.431 bits per heavy atom. The molecule has 4 fully saturated rings. The predicted molar refractivity (Wildman–Crippen MR) is 271 cm³/mol. The van der Waals surface area contributed by atoms with Crippen LogP contribution in [0.15, 0.2) is 152 Å². The Bertz CT molecular complexity index is 3270. The van der Waals surface area contributed by atoms with Crippen molar-refractivity contribution in [2.24, 2.45) is 33.5 Å². The van der Waals surface area contributed by atoms with Gasteiger partial charge in [-0.25, -0.2) is 0 Å². The Kier molecular flexibility index (Phi) is 6.78. The maximum absolute atomic E-state index is 2.76. The first-order valence-corrected chi connectivity index (χ1v) is 24.9. The van der Waals surface area contributed by atoms with E-state index >= 15 is 0 Å². The average molecular weight is 841 g/mol. The predicted octanol–water partition coefficient (Wildman–Crippen LogP) is 14.0. The van der Waals surface area contributed by atoms with E-state index in [1.807, 2.05) is 0 Å². The number of hydrogen-bond acceptors (Lipinski definition) is 2. The number of benzene rings is 7. The fraction of sp³-hybridized carbons (Fsp3) is 0.323. The van der Waals surface area contributed by atoms with Gasteiger partial charge in [0, 0.05) is 44.8 Å². The molecule has 0 N–H and O–H groups in total. The highest BCUT2D eigenvalue weighted by Gasteiger charge is 2.73. The molecule has 0 saturated heterocycles. The Balaban J connectivity index is 1.01. The quantitative estimate of drug-likeness (QED) is 0.160. The van der Waals surface area contributed by atoms with Gasteiger partial charge in [0.15, 0.2) is 0 Å². The van der Waals surface area contributed by atoms with Crippen LogP contribution in [0.4, 0.5) is 34.1 Å². The topological polar surface area (TPSA) is 6.48 Å². The van der Waals surface area contributed by atoms with Crippen molar-refractivity contribution >= 4 is 57.2 Å². The lowest BCUT2D eigenvalue weighted by Crippen LogP contribution is -2.61. The molecule has 4 saturated carbocycles. The number of para-hydroxylation sites is 2. The van der Waals surface area contributed by atoms with E-state index in [4.69, 9.17) is 0 Å². The second-order valence-electron chi connectivity index (χ2n) is 23.3. The molecule has 2 aliphatic heterocycles. The van der Waals surface area contributed by atoms with Crippen LogP contribution in [0.25, 0.3) is 22.3 Å². The zero-order valence-electron chi connectivity index (χ0n) is 38.8. The molecule has 0 aromatic heterocycles. The van der Waals surface area contributed by atoms with Gasteiger partial charge in [-0.1, -0.05) is 151 Å². The number of anilines is 6. The highest BCUT2D eigenvalue weighted by Crippen LogP contribution is 2.80. The molecule has 6 atom stereocenters. The molecule has 2 spiro atoms. The lowest BCUT2D eigenvalue weighted by atomic mass is 9.33. The van der Waals surface area contributed by atoms with Gasteiger partial charge in [-0.2, -0.15) is 0 Å². The van der Waals surface area contributed by atoms with Crippen molar-refractivity contribution in [3.63, 3.8) is 0 Å². The summed E-state index contributed by atoms with van der Waals surface area (Å²) in [5.41, 5.74) is 24.8. The lowest BCUT2D eigenvalue weighted by Gasteiger charge is -2.49. The van der Waals surface area contributed by atoms with Crippen LogP contribution < -0.4 is 26.2 Å². The minimum atomic E-state index is -0.0171. The SMILES string of the molecule is CC1(C)C2CC[C@]1(C)[C@@]1(C2)c2ccccc2-c2c(N3c4ccccc4B4c5cc6c(cc5N(c5ccccc5)c5cccc3c54)-c3ccccc3[C@@]63C[C@H]4CC[C@]3(C)C4(C)C)cccc21. The molecule has 1 unspecified atom stereocenters. The molecular weight excluding hydrogens is 784 g/mol. The molecule has 4 bridgehead atoms. The van der Waals surface area contributed by atoms with Crippen molar-refractivity contribution in [1.82, 2.24) is 0 Å². The highest BCUT2D eigenvalue weighted by atomic mass is 15.2. The van der Waals surface area contributed by atoms with Crippen molar-refractivity contribution in [2.75, 3.05) is 9.80 Å². The van der Waals surface area contributed by atoms with E-state index in [2.05, 4.69) is 203 Å².